The van der Waals surface area contributed by atoms with Gasteiger partial charge >= 0.3 is 6.18 Å². The van der Waals surface area contributed by atoms with Crippen LogP contribution in [0.25, 0.3) is 5.76 Å². The molecule has 1 heterocycles. The molecule has 0 spiro atoms. The van der Waals surface area contributed by atoms with Crippen molar-refractivity contribution in [2.75, 3.05) is 39.8 Å². The minimum absolute atomic E-state index is 0.0102. The summed E-state index contributed by atoms with van der Waals surface area (Å²) in [6, 6.07) is 10.5. The van der Waals surface area contributed by atoms with Gasteiger partial charge < -0.3 is 19.9 Å². The van der Waals surface area contributed by atoms with Gasteiger partial charge in [0.25, 0.3) is 11.8 Å². The first-order chi connectivity index (χ1) is 17.5. The van der Waals surface area contributed by atoms with Gasteiger partial charge in [-0.05, 0) is 18.2 Å². The van der Waals surface area contributed by atoms with Crippen LogP contribution < -0.4 is 5.32 Å². The highest BCUT2D eigenvalue weighted by molar-refractivity contribution is 6.43. The average molecular weight is 520 g/mol. The molecule has 1 aliphatic rings. The van der Waals surface area contributed by atoms with Gasteiger partial charge in [0.15, 0.2) is 0 Å². The van der Waals surface area contributed by atoms with Crippen LogP contribution in [0, 0.1) is 11.2 Å². The second-order valence-electron chi connectivity index (χ2n) is 8.04. The number of hydrogen-bond acceptors (Lipinski definition) is 5. The van der Waals surface area contributed by atoms with Gasteiger partial charge in [0.2, 0.25) is 5.91 Å². The number of nitrogens with one attached hydrogen (secondary N) is 2. The van der Waals surface area contributed by atoms with Crippen LogP contribution >= 0.6 is 0 Å². The van der Waals surface area contributed by atoms with Gasteiger partial charge in [-0.2, -0.15) is 13.2 Å². The third-order valence-corrected chi connectivity index (χ3v) is 5.64. The van der Waals surface area contributed by atoms with Crippen molar-refractivity contribution in [2.45, 2.75) is 6.18 Å². The van der Waals surface area contributed by atoms with Crippen molar-refractivity contribution < 1.29 is 36.7 Å². The molecule has 3 amide bonds. The monoisotopic (exact) mass is 520 g/mol. The molecule has 2 N–H and O–H groups in total. The number of piperazine rings is 1. The Labute approximate surface area is 210 Å². The van der Waals surface area contributed by atoms with Gasteiger partial charge in [-0.3, -0.25) is 19.8 Å². The van der Waals surface area contributed by atoms with Crippen molar-refractivity contribution in [3.8, 4) is 0 Å². The SMILES string of the molecule is CO/C(=C\C(=N)C(=O)NCC(=O)N1CCN(C(=O)c2cc(F)ccc2C(F)(F)F)CC1)c1ccccc1. The number of nitrogens with zero attached hydrogens (tertiary/aromatic N) is 2. The van der Waals surface area contributed by atoms with Crippen LogP contribution in [0.4, 0.5) is 17.6 Å². The second kappa shape index (κ2) is 11.7. The minimum atomic E-state index is -4.83. The number of amides is 3. The van der Waals surface area contributed by atoms with Crippen LogP contribution in [0.5, 0.6) is 0 Å². The lowest BCUT2D eigenvalue weighted by Crippen LogP contribution is -2.53. The topological polar surface area (TPSA) is 103 Å². The van der Waals surface area contributed by atoms with Crippen molar-refractivity contribution in [1.29, 1.82) is 5.41 Å². The van der Waals surface area contributed by atoms with Crippen LogP contribution in [0.3, 0.4) is 0 Å². The Morgan fingerprint density at radius 2 is 1.65 bits per heavy atom. The van der Waals surface area contributed by atoms with Crippen molar-refractivity contribution >= 4 is 29.2 Å². The highest BCUT2D eigenvalue weighted by atomic mass is 19.4. The van der Waals surface area contributed by atoms with E-state index in [4.69, 9.17) is 10.1 Å². The molecule has 2 aromatic carbocycles. The summed E-state index contributed by atoms with van der Waals surface area (Å²) in [6.45, 7) is -0.538. The van der Waals surface area contributed by atoms with E-state index in [2.05, 4.69) is 5.32 Å². The van der Waals surface area contributed by atoms with E-state index in [1.54, 1.807) is 30.3 Å². The van der Waals surface area contributed by atoms with Gasteiger partial charge in [-0.1, -0.05) is 30.3 Å². The van der Waals surface area contributed by atoms with Gasteiger partial charge in [0.05, 0.1) is 24.8 Å². The fourth-order valence-corrected chi connectivity index (χ4v) is 3.69. The first-order valence-corrected chi connectivity index (χ1v) is 11.1. The number of benzene rings is 2. The molecule has 1 fully saturated rings. The molecule has 0 bridgehead atoms. The van der Waals surface area contributed by atoms with Crippen molar-refractivity contribution in [3.63, 3.8) is 0 Å². The Morgan fingerprint density at radius 1 is 1.03 bits per heavy atom. The fourth-order valence-electron chi connectivity index (χ4n) is 3.69. The summed E-state index contributed by atoms with van der Waals surface area (Å²) < 4.78 is 58.5. The molecule has 3 rings (SSSR count). The average Bonchev–Trinajstić information content (AvgIpc) is 2.89. The molecule has 2 aromatic rings. The van der Waals surface area contributed by atoms with Crippen LogP contribution in [0.15, 0.2) is 54.6 Å². The van der Waals surface area contributed by atoms with E-state index in [0.29, 0.717) is 29.5 Å². The molecule has 8 nitrogen and oxygen atoms in total. The molecule has 0 aromatic heterocycles. The number of alkyl halides is 3. The second-order valence-corrected chi connectivity index (χ2v) is 8.04. The highest BCUT2D eigenvalue weighted by Crippen LogP contribution is 2.33. The van der Waals surface area contributed by atoms with E-state index >= 15 is 0 Å². The first kappa shape index (κ1) is 27.4. The smallest absolute Gasteiger partial charge is 0.417 e. The molecule has 0 unspecified atom stereocenters. The van der Waals surface area contributed by atoms with E-state index in [0.717, 1.165) is 4.90 Å². The highest BCUT2D eigenvalue weighted by Gasteiger charge is 2.37. The largest absolute Gasteiger partial charge is 0.496 e. The quantitative estimate of drug-likeness (QED) is 0.333. The van der Waals surface area contributed by atoms with Crippen LogP contribution in [-0.4, -0.2) is 73.1 Å². The molecule has 1 aliphatic heterocycles. The normalized spacial score (nSPS) is 14.2. The maximum Gasteiger partial charge on any atom is 0.417 e. The summed E-state index contributed by atoms with van der Waals surface area (Å²) in [5.41, 5.74) is -1.80. The Hall–Kier alpha value is -4.22. The van der Waals surface area contributed by atoms with E-state index in [1.165, 1.54) is 18.1 Å². The zero-order chi connectivity index (χ0) is 27.2. The lowest BCUT2D eigenvalue weighted by atomic mass is 10.0. The minimum Gasteiger partial charge on any atom is -0.496 e. The number of rotatable bonds is 7. The molecule has 1 saturated heterocycles. The van der Waals surface area contributed by atoms with Crippen molar-refractivity contribution in [1.82, 2.24) is 15.1 Å². The standard InChI is InChI=1S/C25H24F4N4O4/c1-37-21(16-5-3-2-4-6-16)14-20(30)23(35)31-15-22(34)32-9-11-33(12-10-32)24(36)18-13-17(26)7-8-19(18)25(27,28)29/h2-8,13-14,30H,9-12,15H2,1H3,(H,31,35)/b21-14-,30-20?. The lowest BCUT2D eigenvalue weighted by molar-refractivity contribution is -0.138. The van der Waals surface area contributed by atoms with E-state index in [-0.39, 0.29) is 26.2 Å². The summed E-state index contributed by atoms with van der Waals surface area (Å²) in [5.74, 6) is -2.96. The van der Waals surface area contributed by atoms with Crippen LogP contribution in [0.1, 0.15) is 21.5 Å². The number of methoxy groups -OCH3 is 1. The van der Waals surface area contributed by atoms with Crippen LogP contribution in [-0.2, 0) is 20.5 Å². The molecular weight excluding hydrogens is 496 g/mol. The Kier molecular flexibility index (Phi) is 8.64. The lowest BCUT2D eigenvalue weighted by Gasteiger charge is -2.35. The van der Waals surface area contributed by atoms with E-state index < -0.39 is 53.1 Å². The Bertz CT molecular complexity index is 1210. The summed E-state index contributed by atoms with van der Waals surface area (Å²) in [5, 5.41) is 10.3. The molecule has 0 radical (unpaired) electrons. The number of carbonyl (C=O) groups excluding carboxylic acids is 3. The zero-order valence-electron chi connectivity index (χ0n) is 19.8. The molecule has 0 atom stereocenters. The third-order valence-electron chi connectivity index (χ3n) is 5.64. The van der Waals surface area contributed by atoms with E-state index in [1.807, 2.05) is 0 Å². The maximum atomic E-state index is 13.6. The number of hydrogen-bond donors (Lipinski definition) is 2. The fraction of sp³-hybridized carbons (Fsp3) is 0.280. The van der Waals surface area contributed by atoms with Crippen molar-refractivity contribution in [3.05, 3.63) is 77.1 Å². The summed E-state index contributed by atoms with van der Waals surface area (Å²) in [4.78, 5) is 39.9. The molecular formula is C25H24F4N4O4. The molecule has 0 aliphatic carbocycles. The zero-order valence-corrected chi connectivity index (χ0v) is 19.8. The molecule has 196 valence electrons. The first-order valence-electron chi connectivity index (χ1n) is 11.1. The Balaban J connectivity index is 1.54. The van der Waals surface area contributed by atoms with Gasteiger partial charge in [0.1, 0.15) is 17.3 Å². The summed E-state index contributed by atoms with van der Waals surface area (Å²) in [6.07, 6.45) is -3.61. The Morgan fingerprint density at radius 3 is 2.24 bits per heavy atom. The predicted octanol–water partition coefficient (Wildman–Crippen LogP) is 2.95. The number of carbonyl (C=O) groups is 3. The maximum absolute atomic E-state index is 13.6. The van der Waals surface area contributed by atoms with Crippen molar-refractivity contribution in [2.24, 2.45) is 0 Å². The number of ether oxygens (including phenoxy) is 1. The molecule has 37 heavy (non-hydrogen) atoms. The van der Waals surface area contributed by atoms with Gasteiger partial charge in [-0.15, -0.1) is 0 Å². The molecule has 12 heteroatoms. The third kappa shape index (κ3) is 6.93. The van der Waals surface area contributed by atoms with E-state index in [9.17, 15) is 31.9 Å². The molecule has 0 saturated carbocycles. The van der Waals surface area contributed by atoms with Crippen LogP contribution in [0.2, 0.25) is 0 Å². The summed E-state index contributed by atoms with van der Waals surface area (Å²) >= 11 is 0. The van der Waals surface area contributed by atoms with Gasteiger partial charge in [-0.25, -0.2) is 4.39 Å². The number of halogens is 4. The summed E-state index contributed by atoms with van der Waals surface area (Å²) in [7, 11) is 1.40. The van der Waals surface area contributed by atoms with Gasteiger partial charge in [0, 0.05) is 37.8 Å². The predicted molar refractivity (Wildman–Crippen MR) is 126 cm³/mol.